The molecule has 3 aromatic heterocycles. The van der Waals surface area contributed by atoms with Gasteiger partial charge in [0.25, 0.3) is 0 Å². The molecule has 1 saturated heterocycles. The number of nitrogens with one attached hydrogen (secondary N) is 3. The standard InChI is InChI=1S/C29H32N8O3/c1-3-23-24(35-28(39)40-29(2)12-11-22(38)15-31-29)17-37-26(23)27(30-18-33-37)34-21-9-10-25-20(13-21)14-32-36(25)16-19-7-5-4-6-8-19/h4-10,13-14,17-18,22,31,38H,3,11-12,15-16H2,1-2H3,(H,35,39)(H,30,33,34)/t22?,29-/m0/s1. The summed E-state index contributed by atoms with van der Waals surface area (Å²) in [5.74, 6) is 0.624. The third-order valence-electron chi connectivity index (χ3n) is 7.33. The number of benzene rings is 2. The van der Waals surface area contributed by atoms with Gasteiger partial charge in [0.15, 0.2) is 11.5 Å². The van der Waals surface area contributed by atoms with Crippen LogP contribution in [0.15, 0.2) is 67.3 Å². The number of hydrogen-bond donors (Lipinski definition) is 4. The molecule has 1 unspecified atom stereocenters. The van der Waals surface area contributed by atoms with Gasteiger partial charge in [-0.05, 0) is 43.5 Å². The lowest BCUT2D eigenvalue weighted by Crippen LogP contribution is -2.53. The van der Waals surface area contributed by atoms with Gasteiger partial charge in [-0.25, -0.2) is 14.3 Å². The Morgan fingerprint density at radius 3 is 2.85 bits per heavy atom. The van der Waals surface area contributed by atoms with E-state index in [1.807, 2.05) is 61.1 Å². The minimum atomic E-state index is -0.838. The normalized spacial score (nSPS) is 19.1. The molecule has 0 spiro atoms. The minimum Gasteiger partial charge on any atom is -0.428 e. The monoisotopic (exact) mass is 540 g/mol. The fraction of sp³-hybridized carbons (Fsp3) is 0.310. The van der Waals surface area contributed by atoms with Crippen LogP contribution in [0.5, 0.6) is 0 Å². The number of rotatable bonds is 7. The van der Waals surface area contributed by atoms with Gasteiger partial charge in [0, 0.05) is 29.6 Å². The molecule has 4 heterocycles. The van der Waals surface area contributed by atoms with Crippen LogP contribution in [0.2, 0.25) is 0 Å². The molecule has 1 amide bonds. The second-order valence-electron chi connectivity index (χ2n) is 10.3. The fourth-order valence-electron chi connectivity index (χ4n) is 5.21. The molecule has 206 valence electrons. The van der Waals surface area contributed by atoms with E-state index >= 15 is 0 Å². The molecule has 40 heavy (non-hydrogen) atoms. The van der Waals surface area contributed by atoms with Gasteiger partial charge in [-0.15, -0.1) is 0 Å². The molecule has 11 heteroatoms. The van der Waals surface area contributed by atoms with Crippen LogP contribution in [0.4, 0.5) is 22.0 Å². The Labute approximate surface area is 231 Å². The van der Waals surface area contributed by atoms with Crippen molar-refractivity contribution in [1.29, 1.82) is 0 Å². The molecule has 4 N–H and O–H groups in total. The highest BCUT2D eigenvalue weighted by atomic mass is 16.6. The van der Waals surface area contributed by atoms with Gasteiger partial charge in [0.05, 0.1) is 36.2 Å². The van der Waals surface area contributed by atoms with E-state index in [0.717, 1.165) is 27.7 Å². The van der Waals surface area contributed by atoms with E-state index in [-0.39, 0.29) is 0 Å². The lowest BCUT2D eigenvalue weighted by molar-refractivity contribution is -0.0412. The second kappa shape index (κ2) is 10.6. The predicted molar refractivity (Wildman–Crippen MR) is 153 cm³/mol. The molecule has 0 bridgehead atoms. The number of carbonyl (C=O) groups is 1. The number of anilines is 3. The Kier molecular flexibility index (Phi) is 6.82. The smallest absolute Gasteiger partial charge is 0.413 e. The number of aromatic nitrogens is 5. The summed E-state index contributed by atoms with van der Waals surface area (Å²) >= 11 is 0. The minimum absolute atomic E-state index is 0.379. The van der Waals surface area contributed by atoms with E-state index in [4.69, 9.17) is 4.74 Å². The van der Waals surface area contributed by atoms with Crippen molar-refractivity contribution in [1.82, 2.24) is 29.7 Å². The molecule has 1 fully saturated rings. The summed E-state index contributed by atoms with van der Waals surface area (Å²) in [6.07, 6.45) is 5.83. The van der Waals surface area contributed by atoms with Gasteiger partial charge in [-0.2, -0.15) is 10.2 Å². The number of aliphatic hydroxyl groups is 1. The second-order valence-corrected chi connectivity index (χ2v) is 10.3. The summed E-state index contributed by atoms with van der Waals surface area (Å²) < 4.78 is 9.39. The van der Waals surface area contributed by atoms with Crippen molar-refractivity contribution in [3.63, 3.8) is 0 Å². The molecular formula is C29H32N8O3. The molecule has 1 aliphatic rings. The number of fused-ring (bicyclic) bond motifs is 2. The van der Waals surface area contributed by atoms with Crippen molar-refractivity contribution in [3.05, 3.63) is 78.4 Å². The highest BCUT2D eigenvalue weighted by molar-refractivity contribution is 5.91. The van der Waals surface area contributed by atoms with Crippen molar-refractivity contribution < 1.29 is 14.6 Å². The molecule has 0 aliphatic carbocycles. The zero-order valence-corrected chi connectivity index (χ0v) is 22.5. The molecule has 0 radical (unpaired) electrons. The quantitative estimate of drug-likeness (QED) is 0.238. The van der Waals surface area contributed by atoms with E-state index < -0.39 is 17.9 Å². The van der Waals surface area contributed by atoms with Crippen LogP contribution < -0.4 is 16.0 Å². The van der Waals surface area contributed by atoms with Crippen molar-refractivity contribution in [2.24, 2.45) is 0 Å². The number of piperidine rings is 1. The average molecular weight is 541 g/mol. The van der Waals surface area contributed by atoms with Crippen LogP contribution in [0.25, 0.3) is 16.4 Å². The molecule has 1 aliphatic heterocycles. The number of β-amino-alcohol motifs (C(OH)–C–C–N with tert-alkyl or cyclic N) is 1. The Bertz CT molecular complexity index is 1650. The molecular weight excluding hydrogens is 508 g/mol. The Balaban J connectivity index is 1.23. The Morgan fingerprint density at radius 2 is 2.08 bits per heavy atom. The summed E-state index contributed by atoms with van der Waals surface area (Å²) in [6, 6.07) is 16.3. The van der Waals surface area contributed by atoms with Crippen molar-refractivity contribution in [3.8, 4) is 0 Å². The number of aliphatic hydroxyl groups excluding tert-OH is 1. The largest absolute Gasteiger partial charge is 0.428 e. The highest BCUT2D eigenvalue weighted by Gasteiger charge is 2.33. The van der Waals surface area contributed by atoms with Gasteiger partial charge >= 0.3 is 6.09 Å². The van der Waals surface area contributed by atoms with Crippen molar-refractivity contribution in [2.75, 3.05) is 17.2 Å². The van der Waals surface area contributed by atoms with Gasteiger partial charge in [-0.3, -0.25) is 15.3 Å². The highest BCUT2D eigenvalue weighted by Crippen LogP contribution is 2.31. The topological polar surface area (TPSA) is 131 Å². The van der Waals surface area contributed by atoms with E-state index in [1.165, 1.54) is 11.9 Å². The van der Waals surface area contributed by atoms with E-state index in [2.05, 4.69) is 43.3 Å². The van der Waals surface area contributed by atoms with Crippen LogP contribution in [0.3, 0.4) is 0 Å². The summed E-state index contributed by atoms with van der Waals surface area (Å²) in [6.45, 7) is 4.90. The van der Waals surface area contributed by atoms with E-state index in [1.54, 1.807) is 10.7 Å². The van der Waals surface area contributed by atoms with Crippen molar-refractivity contribution >= 4 is 39.7 Å². The summed E-state index contributed by atoms with van der Waals surface area (Å²) in [7, 11) is 0. The summed E-state index contributed by atoms with van der Waals surface area (Å²) in [4.78, 5) is 17.3. The Morgan fingerprint density at radius 1 is 1.23 bits per heavy atom. The first kappa shape index (κ1) is 25.8. The summed E-state index contributed by atoms with van der Waals surface area (Å²) in [5, 5.41) is 29.1. The van der Waals surface area contributed by atoms with Crippen LogP contribution >= 0.6 is 0 Å². The molecule has 6 rings (SSSR count). The molecule has 5 aromatic rings. The van der Waals surface area contributed by atoms with E-state index in [9.17, 15) is 9.90 Å². The van der Waals surface area contributed by atoms with Gasteiger partial charge in [-0.1, -0.05) is 37.3 Å². The number of ether oxygens (including phenoxy) is 1. The molecule has 2 atom stereocenters. The number of nitrogens with zero attached hydrogens (tertiary/aromatic N) is 5. The van der Waals surface area contributed by atoms with Gasteiger partial charge in [0.2, 0.25) is 0 Å². The molecule has 2 aromatic carbocycles. The number of carbonyl (C=O) groups excluding carboxylic acids is 1. The zero-order chi connectivity index (χ0) is 27.7. The average Bonchev–Trinajstić information content (AvgIpc) is 3.51. The third kappa shape index (κ3) is 5.21. The first-order valence-electron chi connectivity index (χ1n) is 13.5. The lowest BCUT2D eigenvalue weighted by atomic mass is 10.0. The van der Waals surface area contributed by atoms with E-state index in [0.29, 0.717) is 43.9 Å². The maximum Gasteiger partial charge on any atom is 0.413 e. The van der Waals surface area contributed by atoms with Gasteiger partial charge < -0.3 is 15.2 Å². The maximum absolute atomic E-state index is 12.8. The first-order valence-corrected chi connectivity index (χ1v) is 13.5. The zero-order valence-electron chi connectivity index (χ0n) is 22.5. The van der Waals surface area contributed by atoms with Crippen molar-refractivity contribution in [2.45, 2.75) is 51.5 Å². The summed E-state index contributed by atoms with van der Waals surface area (Å²) in [5.41, 5.74) is 4.51. The number of hydrogen-bond acceptors (Lipinski definition) is 8. The Hall–Kier alpha value is -4.48. The third-order valence-corrected chi connectivity index (χ3v) is 7.33. The number of aryl methyl sites for hydroxylation is 1. The maximum atomic E-state index is 12.8. The van der Waals surface area contributed by atoms with Crippen LogP contribution in [-0.4, -0.2) is 54.0 Å². The molecule has 11 nitrogen and oxygen atoms in total. The first-order chi connectivity index (χ1) is 19.4. The SMILES string of the molecule is CCc1c(NC(=O)O[C@@]2(C)CCC(O)CN2)cn2ncnc(Nc3ccc4c(cnn4Cc4ccccc4)c3)c12. The predicted octanol–water partition coefficient (Wildman–Crippen LogP) is 4.44. The molecule has 0 saturated carbocycles. The van der Waals surface area contributed by atoms with Gasteiger partial charge in [0.1, 0.15) is 11.8 Å². The van der Waals surface area contributed by atoms with Crippen LogP contribution in [-0.2, 0) is 17.7 Å². The lowest BCUT2D eigenvalue weighted by Gasteiger charge is -2.36. The fourth-order valence-corrected chi connectivity index (χ4v) is 5.21. The number of amides is 1. The van der Waals surface area contributed by atoms with Crippen LogP contribution in [0.1, 0.15) is 37.8 Å². The van der Waals surface area contributed by atoms with Crippen LogP contribution in [0, 0.1) is 0 Å².